The van der Waals surface area contributed by atoms with Crippen LogP contribution in [-0.2, 0) is 16.4 Å². The summed E-state index contributed by atoms with van der Waals surface area (Å²) in [6.07, 6.45) is 3.50. The third-order valence-electron chi connectivity index (χ3n) is 4.17. The Balaban J connectivity index is 1.75. The summed E-state index contributed by atoms with van der Waals surface area (Å²) < 4.78 is 26.7. The fraction of sp³-hybridized carbons (Fsp3) is 0.200. The minimum absolute atomic E-state index is 0.0532. The van der Waals surface area contributed by atoms with Gasteiger partial charge in [0.25, 0.3) is 5.91 Å². The molecule has 27 heavy (non-hydrogen) atoms. The van der Waals surface area contributed by atoms with Gasteiger partial charge >= 0.3 is 0 Å². The highest BCUT2D eigenvalue weighted by atomic mass is 32.2. The molecule has 140 valence electrons. The minimum atomic E-state index is -3.54. The standard InChI is InChI=1S/C20H21N3O3S/c1-15(2)27(25,26)19-11-7-6-10-18(19)20(24)21-12-16-13-22-23(14-16)17-8-4-3-5-9-17/h3-11,13-15H,12H2,1-2H3,(H,21,24). The molecule has 3 rings (SSSR count). The van der Waals surface area contributed by atoms with Gasteiger partial charge in [-0.3, -0.25) is 4.79 Å². The van der Waals surface area contributed by atoms with Gasteiger partial charge in [-0.1, -0.05) is 30.3 Å². The first kappa shape index (κ1) is 18.8. The first-order chi connectivity index (χ1) is 12.9. The topological polar surface area (TPSA) is 81.1 Å². The van der Waals surface area contributed by atoms with E-state index < -0.39 is 21.0 Å². The smallest absolute Gasteiger partial charge is 0.252 e. The normalized spacial score (nSPS) is 11.5. The third kappa shape index (κ3) is 4.09. The van der Waals surface area contributed by atoms with Crippen LogP contribution in [0.4, 0.5) is 0 Å². The lowest BCUT2D eigenvalue weighted by molar-refractivity contribution is 0.0947. The lowest BCUT2D eigenvalue weighted by atomic mass is 10.2. The van der Waals surface area contributed by atoms with Gasteiger partial charge in [0.1, 0.15) is 0 Å². The molecule has 0 radical (unpaired) electrons. The van der Waals surface area contributed by atoms with Crippen molar-refractivity contribution in [2.24, 2.45) is 0 Å². The van der Waals surface area contributed by atoms with Crippen LogP contribution in [0.15, 0.2) is 71.9 Å². The van der Waals surface area contributed by atoms with E-state index in [2.05, 4.69) is 10.4 Å². The second-order valence-corrected chi connectivity index (χ2v) is 8.87. The van der Waals surface area contributed by atoms with Crippen molar-refractivity contribution >= 4 is 15.7 Å². The number of sulfone groups is 1. The number of aromatic nitrogens is 2. The van der Waals surface area contributed by atoms with Crippen molar-refractivity contribution in [2.45, 2.75) is 30.5 Å². The Kier molecular flexibility index (Phi) is 5.41. The van der Waals surface area contributed by atoms with Crippen LogP contribution in [0.2, 0.25) is 0 Å². The summed E-state index contributed by atoms with van der Waals surface area (Å²) in [7, 11) is -3.54. The number of rotatable bonds is 6. The van der Waals surface area contributed by atoms with Crippen molar-refractivity contribution in [2.75, 3.05) is 0 Å². The molecule has 6 nitrogen and oxygen atoms in total. The highest BCUT2D eigenvalue weighted by Gasteiger charge is 2.25. The molecule has 1 N–H and O–H groups in total. The summed E-state index contributed by atoms with van der Waals surface area (Å²) in [4.78, 5) is 12.6. The van der Waals surface area contributed by atoms with Crippen molar-refractivity contribution in [3.8, 4) is 5.69 Å². The van der Waals surface area contributed by atoms with Gasteiger partial charge in [-0.05, 0) is 38.1 Å². The number of benzene rings is 2. The predicted molar refractivity (Wildman–Crippen MR) is 103 cm³/mol. The molecule has 0 unspecified atom stereocenters. The Morgan fingerprint density at radius 2 is 1.74 bits per heavy atom. The van der Waals surface area contributed by atoms with E-state index in [1.807, 2.05) is 36.5 Å². The first-order valence-electron chi connectivity index (χ1n) is 8.59. The predicted octanol–water partition coefficient (Wildman–Crippen LogP) is 2.98. The Morgan fingerprint density at radius 3 is 2.44 bits per heavy atom. The monoisotopic (exact) mass is 383 g/mol. The quantitative estimate of drug-likeness (QED) is 0.709. The molecule has 0 atom stereocenters. The van der Waals surface area contributed by atoms with Crippen LogP contribution in [0.1, 0.15) is 29.8 Å². The van der Waals surface area contributed by atoms with Crippen molar-refractivity contribution in [1.29, 1.82) is 0 Å². The Bertz CT molecular complexity index is 1040. The lowest BCUT2D eigenvalue weighted by Gasteiger charge is -2.12. The maximum atomic E-state index is 12.6. The van der Waals surface area contributed by atoms with Gasteiger partial charge in [0.2, 0.25) is 0 Å². The van der Waals surface area contributed by atoms with Gasteiger partial charge in [0.05, 0.1) is 27.6 Å². The van der Waals surface area contributed by atoms with E-state index in [0.29, 0.717) is 0 Å². The van der Waals surface area contributed by atoms with E-state index in [9.17, 15) is 13.2 Å². The molecule has 2 aromatic carbocycles. The van der Waals surface area contributed by atoms with E-state index >= 15 is 0 Å². The van der Waals surface area contributed by atoms with Crippen LogP contribution >= 0.6 is 0 Å². The van der Waals surface area contributed by atoms with Crippen molar-refractivity contribution in [1.82, 2.24) is 15.1 Å². The molecule has 3 aromatic rings. The highest BCUT2D eigenvalue weighted by Crippen LogP contribution is 2.20. The number of hydrogen-bond donors (Lipinski definition) is 1. The molecule has 1 aromatic heterocycles. The highest BCUT2D eigenvalue weighted by molar-refractivity contribution is 7.92. The molecule has 7 heteroatoms. The second kappa shape index (κ2) is 7.75. The number of hydrogen-bond acceptors (Lipinski definition) is 4. The van der Waals surface area contributed by atoms with E-state index in [1.165, 1.54) is 12.1 Å². The van der Waals surface area contributed by atoms with Crippen LogP contribution in [0, 0.1) is 0 Å². The van der Waals surface area contributed by atoms with Gasteiger partial charge in [-0.25, -0.2) is 13.1 Å². The van der Waals surface area contributed by atoms with Crippen LogP contribution in [-0.4, -0.2) is 29.4 Å². The van der Waals surface area contributed by atoms with Gasteiger partial charge in [-0.2, -0.15) is 5.10 Å². The number of nitrogens with zero attached hydrogens (tertiary/aromatic N) is 2. The first-order valence-corrected chi connectivity index (χ1v) is 10.1. The maximum absolute atomic E-state index is 12.6. The number of amides is 1. The third-order valence-corrected chi connectivity index (χ3v) is 6.38. The van der Waals surface area contributed by atoms with Crippen LogP contribution in [0.25, 0.3) is 5.69 Å². The van der Waals surface area contributed by atoms with Crippen LogP contribution in [0.3, 0.4) is 0 Å². The van der Waals surface area contributed by atoms with Gasteiger partial charge in [0, 0.05) is 18.3 Å². The average Bonchev–Trinajstić information content (AvgIpc) is 3.16. The summed E-state index contributed by atoms with van der Waals surface area (Å²) in [6.45, 7) is 3.45. The molecule has 0 saturated heterocycles. The zero-order chi connectivity index (χ0) is 19.4. The van der Waals surface area contributed by atoms with E-state index in [-0.39, 0.29) is 17.0 Å². The number of para-hydroxylation sites is 1. The minimum Gasteiger partial charge on any atom is -0.348 e. The lowest BCUT2D eigenvalue weighted by Crippen LogP contribution is -2.26. The molecular weight excluding hydrogens is 362 g/mol. The van der Waals surface area contributed by atoms with Crippen molar-refractivity contribution in [3.63, 3.8) is 0 Å². The molecule has 1 amide bonds. The Labute approximate surface area is 158 Å². The maximum Gasteiger partial charge on any atom is 0.252 e. The molecule has 0 aliphatic rings. The number of carbonyl (C=O) groups excluding carboxylic acids is 1. The van der Waals surface area contributed by atoms with Gasteiger partial charge in [-0.15, -0.1) is 0 Å². The number of nitrogens with one attached hydrogen (secondary N) is 1. The van der Waals surface area contributed by atoms with Crippen LogP contribution < -0.4 is 5.32 Å². The fourth-order valence-corrected chi connectivity index (χ4v) is 3.85. The summed E-state index contributed by atoms with van der Waals surface area (Å²) in [5.41, 5.74) is 1.89. The molecule has 0 bridgehead atoms. The summed E-state index contributed by atoms with van der Waals surface area (Å²) in [5, 5.41) is 6.46. The van der Waals surface area contributed by atoms with Crippen molar-refractivity contribution in [3.05, 3.63) is 78.1 Å². The molecule has 0 saturated carbocycles. The summed E-state index contributed by atoms with van der Waals surface area (Å²) >= 11 is 0. The second-order valence-electron chi connectivity index (χ2n) is 6.40. The molecule has 0 aliphatic heterocycles. The fourth-order valence-electron chi connectivity index (χ4n) is 2.61. The summed E-state index contributed by atoms with van der Waals surface area (Å²) in [6, 6.07) is 15.9. The van der Waals surface area contributed by atoms with Crippen LogP contribution in [0.5, 0.6) is 0 Å². The summed E-state index contributed by atoms with van der Waals surface area (Å²) in [5.74, 6) is -0.428. The molecule has 0 fully saturated rings. The zero-order valence-electron chi connectivity index (χ0n) is 15.2. The zero-order valence-corrected chi connectivity index (χ0v) is 16.0. The van der Waals surface area contributed by atoms with E-state index in [4.69, 9.17) is 0 Å². The molecular formula is C20H21N3O3S. The Morgan fingerprint density at radius 1 is 1.07 bits per heavy atom. The molecule has 1 heterocycles. The Hall–Kier alpha value is -2.93. The molecule has 0 spiro atoms. The van der Waals surface area contributed by atoms with E-state index in [0.717, 1.165) is 11.3 Å². The van der Waals surface area contributed by atoms with Gasteiger partial charge < -0.3 is 5.32 Å². The SMILES string of the molecule is CC(C)S(=O)(=O)c1ccccc1C(=O)NCc1cnn(-c2ccccc2)c1. The molecule has 0 aliphatic carbocycles. The average molecular weight is 383 g/mol. The van der Waals surface area contributed by atoms with Crippen molar-refractivity contribution < 1.29 is 13.2 Å². The van der Waals surface area contributed by atoms with E-state index in [1.54, 1.807) is 36.9 Å². The largest absolute Gasteiger partial charge is 0.348 e. The number of carbonyl (C=O) groups is 1. The van der Waals surface area contributed by atoms with Gasteiger partial charge in [0.15, 0.2) is 9.84 Å².